The third-order valence-corrected chi connectivity index (χ3v) is 11.8. The van der Waals surface area contributed by atoms with Crippen molar-refractivity contribution < 1.29 is 71.4 Å². The SMILES string of the molecule is C#CCOc1cc(COc2cc(COc3cc(CO)cc(OCc4cc(OCc5cc(OCC#C)cc(OCC#C)c5)cc(OCc5cc(OCC#C)cc(OCC#C)c5)c4)c3)cc(OCc3cc(OCC#C)cc(OCC#C)c3)c2)cc(OCC#C)c1. The number of hydrogen-bond acceptors (Lipinski definition) is 15. The van der Waals surface area contributed by atoms with E-state index in [1.165, 1.54) is 0 Å². The molecule has 0 bridgehead atoms. The Morgan fingerprint density at radius 2 is 0.318 bits per heavy atom. The van der Waals surface area contributed by atoms with Crippen molar-refractivity contribution >= 4 is 0 Å². The molecular formula is C73H60O15. The van der Waals surface area contributed by atoms with E-state index in [9.17, 15) is 5.11 Å². The molecule has 0 aliphatic carbocycles. The topological polar surface area (TPSA) is 149 Å². The lowest BCUT2D eigenvalue weighted by Gasteiger charge is -2.16. The summed E-state index contributed by atoms with van der Waals surface area (Å²) in [6.07, 6.45) is 43.8. The molecule has 7 aromatic rings. The summed E-state index contributed by atoms with van der Waals surface area (Å²) in [7, 11) is 0. The van der Waals surface area contributed by atoms with Crippen molar-refractivity contribution in [1.82, 2.24) is 0 Å². The standard InChI is InChI=1S/C73H60O15/c1-9-17-75-60-27-54(28-61(39-60)76-18-10-2)47-85-70-35-58(36-71(44-70)86-48-55-29-62(77-19-11-3)40-63(30-55)78-20-12-4)51-83-68-25-53(46-74)26-69(43-68)84-52-59-37-72(87-49-56-31-64(79-21-13-5)41-65(32-56)80-22-14-6)45-73(38-59)88-50-57-33-66(81-23-15-7)42-67(34-57)82-24-16-8/h1-8,25-45,74H,17-24,46-52H2. The van der Waals surface area contributed by atoms with Crippen LogP contribution < -0.4 is 66.3 Å². The molecule has 7 aromatic carbocycles. The molecule has 0 atom stereocenters. The summed E-state index contributed by atoms with van der Waals surface area (Å²) in [6, 6.07) is 36.9. The molecule has 0 aliphatic heterocycles. The highest BCUT2D eigenvalue weighted by molar-refractivity contribution is 5.46. The van der Waals surface area contributed by atoms with Gasteiger partial charge in [0.15, 0.2) is 0 Å². The maximum atomic E-state index is 10.5. The summed E-state index contributed by atoms with van der Waals surface area (Å²) < 4.78 is 84.2. The van der Waals surface area contributed by atoms with Crippen LogP contribution >= 0.6 is 0 Å². The monoisotopic (exact) mass is 1180 g/mol. The molecule has 0 saturated carbocycles. The molecule has 0 fully saturated rings. The molecule has 0 saturated heterocycles. The highest BCUT2D eigenvalue weighted by Crippen LogP contribution is 2.34. The van der Waals surface area contributed by atoms with E-state index in [0.29, 0.717) is 119 Å². The van der Waals surface area contributed by atoms with E-state index in [0.717, 1.165) is 0 Å². The number of terminal acetylenes is 8. The highest BCUT2D eigenvalue weighted by atomic mass is 16.5. The molecule has 0 amide bonds. The summed E-state index contributed by atoms with van der Waals surface area (Å²) >= 11 is 0. The maximum absolute atomic E-state index is 10.5. The van der Waals surface area contributed by atoms with E-state index in [-0.39, 0.29) is 99.1 Å². The molecule has 15 nitrogen and oxygen atoms in total. The fourth-order valence-electron chi connectivity index (χ4n) is 8.17. The predicted molar refractivity (Wildman–Crippen MR) is 332 cm³/mol. The van der Waals surface area contributed by atoms with E-state index in [1.807, 2.05) is 24.3 Å². The van der Waals surface area contributed by atoms with Crippen molar-refractivity contribution in [1.29, 1.82) is 0 Å². The Hall–Kier alpha value is -11.8. The minimum Gasteiger partial charge on any atom is -0.489 e. The van der Waals surface area contributed by atoms with Crippen LogP contribution in [0.4, 0.5) is 0 Å². The van der Waals surface area contributed by atoms with Crippen LogP contribution in [0, 0.1) is 98.8 Å². The van der Waals surface area contributed by atoms with Gasteiger partial charge in [0.1, 0.15) is 173 Å². The van der Waals surface area contributed by atoms with Gasteiger partial charge >= 0.3 is 0 Å². The Kier molecular flexibility index (Phi) is 25.1. The van der Waals surface area contributed by atoms with Crippen molar-refractivity contribution in [2.75, 3.05) is 52.9 Å². The van der Waals surface area contributed by atoms with Crippen LogP contribution in [0.2, 0.25) is 0 Å². The molecule has 0 radical (unpaired) electrons. The summed E-state index contributed by atoms with van der Waals surface area (Å²) in [5.74, 6) is 26.0. The van der Waals surface area contributed by atoms with Gasteiger partial charge in [0.2, 0.25) is 0 Å². The van der Waals surface area contributed by atoms with Gasteiger partial charge in [-0.3, -0.25) is 0 Å². The quantitative estimate of drug-likeness (QED) is 0.0375. The second kappa shape index (κ2) is 34.7. The van der Waals surface area contributed by atoms with E-state index < -0.39 is 0 Å². The van der Waals surface area contributed by atoms with E-state index in [4.69, 9.17) is 118 Å². The lowest BCUT2D eigenvalue weighted by atomic mass is 10.1. The molecule has 0 unspecified atom stereocenters. The van der Waals surface area contributed by atoms with Crippen molar-refractivity contribution in [3.63, 3.8) is 0 Å². The third kappa shape index (κ3) is 21.4. The van der Waals surface area contributed by atoms with Crippen molar-refractivity contribution in [3.8, 4) is 179 Å². The van der Waals surface area contributed by atoms with Crippen LogP contribution in [0.3, 0.4) is 0 Å². The lowest BCUT2D eigenvalue weighted by molar-refractivity contribution is 0.267. The van der Waals surface area contributed by atoms with Crippen LogP contribution in [0.5, 0.6) is 80.5 Å². The van der Waals surface area contributed by atoms with Gasteiger partial charge in [-0.25, -0.2) is 0 Å². The van der Waals surface area contributed by atoms with E-state index in [1.54, 1.807) is 103 Å². The van der Waals surface area contributed by atoms with E-state index >= 15 is 0 Å². The lowest BCUT2D eigenvalue weighted by Crippen LogP contribution is -2.04. The zero-order valence-corrected chi connectivity index (χ0v) is 48.0. The maximum Gasteiger partial charge on any atom is 0.148 e. The number of hydrogen-bond donors (Lipinski definition) is 1. The predicted octanol–water partition coefficient (Wildman–Crippen LogP) is 10.7. The van der Waals surface area contributed by atoms with Crippen LogP contribution in [-0.4, -0.2) is 58.0 Å². The summed E-state index contributed by atoms with van der Waals surface area (Å²) in [6.45, 7) is 0.372. The molecule has 1 N–H and O–H groups in total. The second-order valence-corrected chi connectivity index (χ2v) is 18.5. The Balaban J connectivity index is 1.14. The van der Waals surface area contributed by atoms with Gasteiger partial charge in [-0.15, -0.1) is 51.4 Å². The number of rotatable bonds is 35. The first-order valence-corrected chi connectivity index (χ1v) is 27.0. The Morgan fingerprint density at radius 1 is 0.193 bits per heavy atom. The average Bonchev–Trinajstić information content (AvgIpc) is 3.74. The Bertz CT molecular complexity index is 3240. The molecule has 0 heterocycles. The fourth-order valence-corrected chi connectivity index (χ4v) is 8.17. The van der Waals surface area contributed by atoms with Gasteiger partial charge in [0, 0.05) is 42.5 Å². The largest absolute Gasteiger partial charge is 0.489 e. The van der Waals surface area contributed by atoms with Gasteiger partial charge < -0.3 is 71.4 Å². The molecule has 442 valence electrons. The minimum atomic E-state index is -0.319. The third-order valence-electron chi connectivity index (χ3n) is 11.8. The molecular weight excluding hydrogens is 1120 g/mol. The first-order chi connectivity index (χ1) is 43.1. The molecule has 0 spiro atoms. The van der Waals surface area contributed by atoms with Gasteiger partial charge in [-0.2, -0.15) is 0 Å². The van der Waals surface area contributed by atoms with Crippen molar-refractivity contribution in [2.24, 2.45) is 0 Å². The fraction of sp³-hybridized carbons (Fsp3) is 0.205. The first-order valence-electron chi connectivity index (χ1n) is 27.0. The molecule has 88 heavy (non-hydrogen) atoms. The molecule has 15 heteroatoms. The smallest absolute Gasteiger partial charge is 0.148 e. The van der Waals surface area contributed by atoms with Crippen LogP contribution in [0.1, 0.15) is 38.9 Å². The normalized spacial score (nSPS) is 10.0. The summed E-state index contributed by atoms with van der Waals surface area (Å²) in [5.41, 5.74) is 4.66. The van der Waals surface area contributed by atoms with Crippen LogP contribution in [0.15, 0.2) is 127 Å². The minimum absolute atomic E-state index is 0.0217. The summed E-state index contributed by atoms with van der Waals surface area (Å²) in [4.78, 5) is 0. The zero-order valence-electron chi connectivity index (χ0n) is 48.0. The molecule has 7 rings (SSSR count). The van der Waals surface area contributed by atoms with Crippen LogP contribution in [0.25, 0.3) is 0 Å². The number of benzene rings is 7. The Morgan fingerprint density at radius 3 is 0.443 bits per heavy atom. The van der Waals surface area contributed by atoms with Crippen molar-refractivity contribution in [3.05, 3.63) is 166 Å². The second-order valence-electron chi connectivity index (χ2n) is 18.5. The van der Waals surface area contributed by atoms with Gasteiger partial charge in [0.05, 0.1) is 6.61 Å². The van der Waals surface area contributed by atoms with Crippen molar-refractivity contribution in [2.45, 2.75) is 46.2 Å². The first kappa shape index (κ1) is 63.8. The van der Waals surface area contributed by atoms with E-state index in [2.05, 4.69) is 47.4 Å². The highest BCUT2D eigenvalue weighted by Gasteiger charge is 2.14. The number of aliphatic hydroxyl groups is 1. The molecule has 0 aromatic heterocycles. The van der Waals surface area contributed by atoms with Crippen LogP contribution in [-0.2, 0) is 46.2 Å². The number of ether oxygens (including phenoxy) is 14. The number of aliphatic hydroxyl groups excluding tert-OH is 1. The van der Waals surface area contributed by atoms with Gasteiger partial charge in [-0.1, -0.05) is 47.4 Å². The Labute approximate surface area is 513 Å². The van der Waals surface area contributed by atoms with Gasteiger partial charge in [-0.05, 0) is 124 Å². The summed E-state index contributed by atoms with van der Waals surface area (Å²) in [5, 5.41) is 10.5. The average molecular weight is 1180 g/mol. The molecule has 0 aliphatic rings. The van der Waals surface area contributed by atoms with Gasteiger partial charge in [0.25, 0.3) is 0 Å². The zero-order chi connectivity index (χ0) is 62.1.